The van der Waals surface area contributed by atoms with E-state index in [1.165, 1.54) is 0 Å². The highest BCUT2D eigenvalue weighted by atomic mass is 15.4. The molecular formula is C23H27N11. The van der Waals surface area contributed by atoms with Crippen molar-refractivity contribution in [3.8, 4) is 23.5 Å². The molecule has 0 spiro atoms. The van der Waals surface area contributed by atoms with Gasteiger partial charge in [-0.2, -0.15) is 15.6 Å². The number of aromatic nitrogens is 5. The number of rotatable bonds is 4. The summed E-state index contributed by atoms with van der Waals surface area (Å²) < 4.78 is 1.97. The van der Waals surface area contributed by atoms with Crippen LogP contribution in [0.2, 0.25) is 0 Å². The van der Waals surface area contributed by atoms with E-state index in [4.69, 9.17) is 5.26 Å². The van der Waals surface area contributed by atoms with E-state index >= 15 is 0 Å². The maximum atomic E-state index is 9.58. The molecule has 0 aromatic carbocycles. The Morgan fingerprint density at radius 3 is 2.74 bits per heavy atom. The summed E-state index contributed by atoms with van der Waals surface area (Å²) in [5, 5.41) is 24.2. The summed E-state index contributed by atoms with van der Waals surface area (Å²) in [6.07, 6.45) is 11.4. The summed E-state index contributed by atoms with van der Waals surface area (Å²) in [6, 6.07) is 4.76. The average molecular weight is 458 g/mol. The molecule has 1 N–H and O–H groups in total. The van der Waals surface area contributed by atoms with E-state index in [1.54, 1.807) is 6.33 Å². The number of piperazine rings is 1. The summed E-state index contributed by atoms with van der Waals surface area (Å²) >= 11 is 0. The molecule has 11 heteroatoms. The molecule has 1 aliphatic heterocycles. The van der Waals surface area contributed by atoms with E-state index in [0.717, 1.165) is 61.3 Å². The van der Waals surface area contributed by atoms with Crippen molar-refractivity contribution in [1.29, 1.82) is 10.5 Å². The first-order valence-electron chi connectivity index (χ1n) is 11.4. The lowest BCUT2D eigenvalue weighted by atomic mass is 9.70. The van der Waals surface area contributed by atoms with E-state index in [2.05, 4.69) is 40.9 Å². The topological polar surface area (TPSA) is 129 Å². The summed E-state index contributed by atoms with van der Waals surface area (Å²) in [7, 11) is 3.82. The molecule has 0 bridgehead atoms. The summed E-state index contributed by atoms with van der Waals surface area (Å²) in [6.45, 7) is 3.46. The molecule has 0 amide bonds. The first kappa shape index (κ1) is 21.9. The Balaban J connectivity index is 1.28. The second-order valence-electron chi connectivity index (χ2n) is 9.19. The van der Waals surface area contributed by atoms with Crippen LogP contribution in [0.1, 0.15) is 19.3 Å². The number of nitrogens with one attached hydrogen (secondary N) is 1. The number of aliphatic imine (C=N–C) groups is 1. The van der Waals surface area contributed by atoms with E-state index < -0.39 is 0 Å². The van der Waals surface area contributed by atoms with Gasteiger partial charge in [-0.05, 0) is 18.9 Å². The Bertz CT molecular complexity index is 1270. The SMILES string of the molecule is CN(C)/C(=N\C#N)N1CCN([C@H]2C[C@](CC#N)(n3cc(-c4ncnc5[nH]ccc45)cn3)C2)CC1. The monoisotopic (exact) mass is 457 g/mol. The highest BCUT2D eigenvalue weighted by molar-refractivity contribution is 5.90. The number of aromatic amines is 1. The van der Waals surface area contributed by atoms with E-state index in [-0.39, 0.29) is 5.54 Å². The van der Waals surface area contributed by atoms with Gasteiger partial charge in [0.2, 0.25) is 12.2 Å². The number of hydrogen-bond donors (Lipinski definition) is 1. The number of H-pyrrole nitrogens is 1. The summed E-state index contributed by atoms with van der Waals surface area (Å²) in [4.78, 5) is 22.4. The Hall–Kier alpha value is -3.96. The van der Waals surface area contributed by atoms with Crippen LogP contribution in [0, 0.1) is 22.8 Å². The van der Waals surface area contributed by atoms with Crippen molar-refractivity contribution in [2.45, 2.75) is 30.8 Å². The highest BCUT2D eigenvalue weighted by Crippen LogP contribution is 2.45. The van der Waals surface area contributed by atoms with Gasteiger partial charge in [0.1, 0.15) is 12.0 Å². The van der Waals surface area contributed by atoms with Crippen LogP contribution in [-0.4, -0.2) is 91.7 Å². The molecule has 0 atom stereocenters. The van der Waals surface area contributed by atoms with Crippen molar-refractivity contribution in [1.82, 2.24) is 39.4 Å². The zero-order chi connectivity index (χ0) is 23.7. The van der Waals surface area contributed by atoms with Crippen molar-refractivity contribution >= 4 is 17.0 Å². The zero-order valence-corrected chi connectivity index (χ0v) is 19.4. The fourth-order valence-electron chi connectivity index (χ4n) is 5.23. The Labute approximate surface area is 197 Å². The van der Waals surface area contributed by atoms with Crippen molar-refractivity contribution in [3.05, 3.63) is 31.0 Å². The number of guanidine groups is 1. The largest absolute Gasteiger partial charge is 0.348 e. The van der Waals surface area contributed by atoms with Gasteiger partial charge in [-0.15, -0.1) is 4.99 Å². The molecule has 11 nitrogen and oxygen atoms in total. The molecule has 3 aromatic heterocycles. The molecule has 4 heterocycles. The minimum absolute atomic E-state index is 0.295. The third kappa shape index (κ3) is 3.74. The molecular weight excluding hydrogens is 430 g/mol. The van der Waals surface area contributed by atoms with Gasteiger partial charge in [0.25, 0.3) is 0 Å². The predicted octanol–water partition coefficient (Wildman–Crippen LogP) is 1.61. The standard InChI is InChI=1S/C23H27N11/c1-31(2)22(27-15-25)33-9-7-32(8-10-33)18-11-23(12-18,4-5-24)34-14-17(13-30-34)20-19-3-6-26-21(19)29-16-28-20/h3,6,13-14,16,18H,4,7-12H2,1-2H3,(H,26,28,29)/b27-22+/t18-,23-. The smallest absolute Gasteiger partial charge is 0.212 e. The molecule has 5 rings (SSSR count). The van der Waals surface area contributed by atoms with Gasteiger partial charge in [-0.25, -0.2) is 9.97 Å². The lowest BCUT2D eigenvalue weighted by Crippen LogP contribution is -2.61. The van der Waals surface area contributed by atoms with Gasteiger partial charge in [-0.3, -0.25) is 9.58 Å². The molecule has 0 radical (unpaired) electrons. The predicted molar refractivity (Wildman–Crippen MR) is 126 cm³/mol. The molecule has 1 aliphatic carbocycles. The maximum absolute atomic E-state index is 9.58. The van der Waals surface area contributed by atoms with Crippen LogP contribution in [0.4, 0.5) is 0 Å². The van der Waals surface area contributed by atoms with Gasteiger partial charge < -0.3 is 14.8 Å². The van der Waals surface area contributed by atoms with Crippen molar-refractivity contribution < 1.29 is 0 Å². The molecule has 0 unspecified atom stereocenters. The average Bonchev–Trinajstić information content (AvgIpc) is 3.49. The van der Waals surface area contributed by atoms with Crippen LogP contribution < -0.4 is 0 Å². The molecule has 174 valence electrons. The van der Waals surface area contributed by atoms with Crippen molar-refractivity contribution in [2.24, 2.45) is 4.99 Å². The maximum Gasteiger partial charge on any atom is 0.212 e. The lowest BCUT2D eigenvalue weighted by Gasteiger charge is -2.52. The van der Waals surface area contributed by atoms with E-state index in [1.807, 2.05) is 54.5 Å². The van der Waals surface area contributed by atoms with Crippen molar-refractivity contribution in [2.75, 3.05) is 40.3 Å². The molecule has 1 saturated heterocycles. The zero-order valence-electron chi connectivity index (χ0n) is 19.4. The molecule has 34 heavy (non-hydrogen) atoms. The van der Waals surface area contributed by atoms with Crippen LogP contribution in [0.15, 0.2) is 36.0 Å². The number of hydrogen-bond acceptors (Lipinski definition) is 7. The van der Waals surface area contributed by atoms with E-state index in [9.17, 15) is 5.26 Å². The summed E-state index contributed by atoms with van der Waals surface area (Å²) in [5.41, 5.74) is 2.27. The minimum Gasteiger partial charge on any atom is -0.348 e. The van der Waals surface area contributed by atoms with Crippen molar-refractivity contribution in [3.63, 3.8) is 0 Å². The van der Waals surface area contributed by atoms with Crippen LogP contribution in [0.25, 0.3) is 22.3 Å². The lowest BCUT2D eigenvalue weighted by molar-refractivity contribution is -0.0111. The van der Waals surface area contributed by atoms with Gasteiger partial charge in [0.05, 0.1) is 29.9 Å². The second-order valence-corrected chi connectivity index (χ2v) is 9.19. The fourth-order valence-corrected chi connectivity index (χ4v) is 5.23. The van der Waals surface area contributed by atoms with Crippen LogP contribution in [-0.2, 0) is 5.54 Å². The number of nitriles is 2. The Morgan fingerprint density at radius 1 is 1.24 bits per heavy atom. The fraction of sp³-hybridized carbons (Fsp3) is 0.478. The first-order chi connectivity index (χ1) is 16.5. The van der Waals surface area contributed by atoms with Crippen LogP contribution in [0.5, 0.6) is 0 Å². The molecule has 3 aromatic rings. The Morgan fingerprint density at radius 2 is 2.03 bits per heavy atom. The van der Waals surface area contributed by atoms with Gasteiger partial charge in [0.15, 0.2) is 0 Å². The number of fused-ring (bicyclic) bond motifs is 1. The third-order valence-corrected chi connectivity index (χ3v) is 7.00. The second kappa shape index (κ2) is 8.76. The molecule has 2 aliphatic rings. The minimum atomic E-state index is -0.295. The highest BCUT2D eigenvalue weighted by Gasteiger charge is 2.49. The van der Waals surface area contributed by atoms with Gasteiger partial charge in [0, 0.05) is 69.7 Å². The molecule has 2 fully saturated rings. The van der Waals surface area contributed by atoms with E-state index in [0.29, 0.717) is 18.4 Å². The van der Waals surface area contributed by atoms with Gasteiger partial charge >= 0.3 is 0 Å². The van der Waals surface area contributed by atoms with Crippen LogP contribution in [0.3, 0.4) is 0 Å². The van der Waals surface area contributed by atoms with Crippen LogP contribution >= 0.6 is 0 Å². The Kier molecular flexibility index (Phi) is 5.64. The number of nitrogens with zero attached hydrogens (tertiary/aromatic N) is 10. The quantitative estimate of drug-likeness (QED) is 0.355. The third-order valence-electron chi connectivity index (χ3n) is 7.00. The molecule has 1 saturated carbocycles. The normalized spacial score (nSPS) is 23.4. The van der Waals surface area contributed by atoms with Gasteiger partial charge in [-0.1, -0.05) is 0 Å². The first-order valence-corrected chi connectivity index (χ1v) is 11.4. The summed E-state index contributed by atoms with van der Waals surface area (Å²) in [5.74, 6) is 0.708.